The van der Waals surface area contributed by atoms with Gasteiger partial charge in [-0.2, -0.15) is 9.78 Å². The number of nitrogens with zero attached hydrogens (tertiary/aromatic N) is 7. The normalized spacial score (nSPS) is 20.8. The molecule has 0 radical (unpaired) electrons. The van der Waals surface area contributed by atoms with E-state index in [1.807, 2.05) is 0 Å². The molecule has 1 fully saturated rings. The molecule has 1 aliphatic carbocycles. The van der Waals surface area contributed by atoms with Crippen molar-refractivity contribution in [3.05, 3.63) is 23.5 Å². The van der Waals surface area contributed by atoms with Gasteiger partial charge in [-0.25, -0.2) is 10.1 Å². The number of piperidine rings is 1. The van der Waals surface area contributed by atoms with E-state index in [9.17, 15) is 4.79 Å². The molecule has 4 rings (SSSR count). The second-order valence-corrected chi connectivity index (χ2v) is 7.99. The monoisotopic (exact) mass is 413 g/mol. The first-order valence-corrected chi connectivity index (χ1v) is 10.4. The summed E-state index contributed by atoms with van der Waals surface area (Å²) in [6.45, 7) is 4.62. The van der Waals surface area contributed by atoms with Gasteiger partial charge in [0, 0.05) is 12.8 Å². The molecular weight excluding hydrogens is 386 g/mol. The van der Waals surface area contributed by atoms with Crippen molar-refractivity contribution >= 4 is 17.9 Å². The number of hydrazone groups is 1. The van der Waals surface area contributed by atoms with E-state index >= 15 is 0 Å². The standard InChI is InChI=1S/C19H27N9O2/c1-13-7-9-27(10-8-13)12-15-16(22-26-28(15)18-17(20)24-30-25-18)19(29)23-21-11-14-5-3-2-4-6-14/h2-3,11,13-14H,4-10,12H2,1H3,(H2,20,24)(H,23,29)/b21-11-/t14-/m1/s1. The van der Waals surface area contributed by atoms with E-state index in [0.29, 0.717) is 24.1 Å². The molecule has 2 aromatic rings. The van der Waals surface area contributed by atoms with Gasteiger partial charge in [-0.15, -0.1) is 5.10 Å². The summed E-state index contributed by atoms with van der Waals surface area (Å²) >= 11 is 0. The molecule has 0 spiro atoms. The zero-order chi connectivity index (χ0) is 20.9. The van der Waals surface area contributed by atoms with Gasteiger partial charge in [0.05, 0.1) is 5.69 Å². The van der Waals surface area contributed by atoms with Crippen molar-refractivity contribution in [1.29, 1.82) is 0 Å². The van der Waals surface area contributed by atoms with E-state index in [-0.39, 0.29) is 17.3 Å². The number of rotatable bonds is 6. The Balaban J connectivity index is 1.53. The van der Waals surface area contributed by atoms with Crippen LogP contribution in [0.25, 0.3) is 5.82 Å². The Labute approximate surface area is 174 Å². The minimum Gasteiger partial charge on any atom is -0.378 e. The smallest absolute Gasteiger partial charge is 0.293 e. The third-order valence-electron chi connectivity index (χ3n) is 5.69. The number of allylic oxidation sites excluding steroid dienone is 2. The first kappa shape index (κ1) is 20.2. The predicted molar refractivity (Wildman–Crippen MR) is 110 cm³/mol. The number of hydrogen-bond donors (Lipinski definition) is 2. The van der Waals surface area contributed by atoms with E-state index < -0.39 is 5.91 Å². The molecule has 160 valence electrons. The number of carbonyl (C=O) groups excluding carboxylic acids is 1. The van der Waals surface area contributed by atoms with Crippen LogP contribution in [0, 0.1) is 11.8 Å². The molecule has 0 bridgehead atoms. The summed E-state index contributed by atoms with van der Waals surface area (Å²) in [7, 11) is 0. The van der Waals surface area contributed by atoms with Gasteiger partial charge in [0.15, 0.2) is 5.69 Å². The Kier molecular flexibility index (Phi) is 6.17. The second kappa shape index (κ2) is 9.16. The van der Waals surface area contributed by atoms with Gasteiger partial charge in [-0.05, 0) is 67.3 Å². The molecular formula is C19H27N9O2. The maximum Gasteiger partial charge on any atom is 0.293 e. The van der Waals surface area contributed by atoms with E-state index in [0.717, 1.165) is 45.2 Å². The fraction of sp³-hybridized carbons (Fsp3) is 0.579. The average Bonchev–Trinajstić information content (AvgIpc) is 3.36. The first-order valence-electron chi connectivity index (χ1n) is 10.4. The zero-order valence-electron chi connectivity index (χ0n) is 17.1. The lowest BCUT2D eigenvalue weighted by Crippen LogP contribution is -2.34. The molecule has 1 aliphatic heterocycles. The van der Waals surface area contributed by atoms with Crippen LogP contribution in [0.4, 0.5) is 5.82 Å². The van der Waals surface area contributed by atoms with E-state index in [2.05, 4.69) is 55.1 Å². The molecule has 11 nitrogen and oxygen atoms in total. The topological polar surface area (TPSA) is 140 Å². The van der Waals surface area contributed by atoms with Gasteiger partial charge in [-0.3, -0.25) is 9.69 Å². The number of hydrogen-bond acceptors (Lipinski definition) is 9. The molecule has 2 aromatic heterocycles. The highest BCUT2D eigenvalue weighted by Crippen LogP contribution is 2.22. The summed E-state index contributed by atoms with van der Waals surface area (Å²) in [5.74, 6) is 0.927. The number of aromatic nitrogens is 5. The number of nitrogen functional groups attached to an aromatic ring is 1. The van der Waals surface area contributed by atoms with Gasteiger partial charge in [0.25, 0.3) is 5.91 Å². The third kappa shape index (κ3) is 4.56. The molecule has 1 atom stereocenters. The molecule has 0 unspecified atom stereocenters. The quantitative estimate of drug-likeness (QED) is 0.413. The molecule has 3 N–H and O–H groups in total. The number of nitrogens with one attached hydrogen (secondary N) is 1. The minimum atomic E-state index is -0.417. The first-order chi connectivity index (χ1) is 14.6. The highest BCUT2D eigenvalue weighted by molar-refractivity contribution is 5.93. The fourth-order valence-electron chi connectivity index (χ4n) is 3.77. The summed E-state index contributed by atoms with van der Waals surface area (Å²) in [4.78, 5) is 15.1. The van der Waals surface area contributed by atoms with Crippen LogP contribution in [0.1, 0.15) is 55.2 Å². The molecule has 3 heterocycles. The van der Waals surface area contributed by atoms with Crippen LogP contribution in [0.15, 0.2) is 21.9 Å². The van der Waals surface area contributed by atoms with Crippen LogP contribution >= 0.6 is 0 Å². The predicted octanol–water partition coefficient (Wildman–Crippen LogP) is 1.54. The summed E-state index contributed by atoms with van der Waals surface area (Å²) < 4.78 is 6.13. The molecule has 0 aromatic carbocycles. The number of carbonyl (C=O) groups is 1. The lowest BCUT2D eigenvalue weighted by molar-refractivity contribution is 0.0946. The SMILES string of the molecule is CC1CCN(Cc2c(C(=O)N/N=C\[C@@H]3CC=CCC3)nnn2-c2nonc2N)CC1. The molecule has 30 heavy (non-hydrogen) atoms. The Morgan fingerprint density at radius 2 is 2.17 bits per heavy atom. The third-order valence-corrected chi connectivity index (χ3v) is 5.69. The van der Waals surface area contributed by atoms with Crippen molar-refractivity contribution in [3.63, 3.8) is 0 Å². The average molecular weight is 413 g/mol. The summed E-state index contributed by atoms with van der Waals surface area (Å²) in [5.41, 5.74) is 9.20. The van der Waals surface area contributed by atoms with Crippen molar-refractivity contribution in [1.82, 2.24) is 35.6 Å². The molecule has 1 saturated heterocycles. The van der Waals surface area contributed by atoms with Crippen LogP contribution in [-0.4, -0.2) is 55.4 Å². The molecule has 0 saturated carbocycles. The molecule has 1 amide bonds. The number of anilines is 1. The van der Waals surface area contributed by atoms with Crippen LogP contribution in [0.3, 0.4) is 0 Å². The van der Waals surface area contributed by atoms with Crippen molar-refractivity contribution < 1.29 is 9.42 Å². The Bertz CT molecular complexity index is 924. The highest BCUT2D eigenvalue weighted by Gasteiger charge is 2.26. The van der Waals surface area contributed by atoms with Gasteiger partial charge in [0.2, 0.25) is 11.6 Å². The summed E-state index contributed by atoms with van der Waals surface area (Å²) in [6.07, 6.45) is 11.3. The maximum atomic E-state index is 12.8. The van der Waals surface area contributed by atoms with Crippen molar-refractivity contribution in [3.8, 4) is 5.82 Å². The van der Waals surface area contributed by atoms with Crippen molar-refractivity contribution in [2.75, 3.05) is 18.8 Å². The Hall–Kier alpha value is -3.08. The van der Waals surface area contributed by atoms with Crippen molar-refractivity contribution in [2.45, 2.75) is 45.6 Å². The summed E-state index contributed by atoms with van der Waals surface area (Å²) in [5, 5.41) is 19.7. The number of likely N-dealkylation sites (tertiary alicyclic amines) is 1. The van der Waals surface area contributed by atoms with Crippen LogP contribution in [-0.2, 0) is 6.54 Å². The van der Waals surface area contributed by atoms with Crippen LogP contribution in [0.2, 0.25) is 0 Å². The van der Waals surface area contributed by atoms with Gasteiger partial charge < -0.3 is 5.73 Å². The van der Waals surface area contributed by atoms with Crippen LogP contribution < -0.4 is 11.2 Å². The minimum absolute atomic E-state index is 0.0868. The Morgan fingerprint density at radius 3 is 2.87 bits per heavy atom. The fourth-order valence-corrected chi connectivity index (χ4v) is 3.77. The number of nitrogens with two attached hydrogens (primary N) is 1. The van der Waals surface area contributed by atoms with Crippen LogP contribution in [0.5, 0.6) is 0 Å². The van der Waals surface area contributed by atoms with Gasteiger partial charge in [0.1, 0.15) is 0 Å². The summed E-state index contributed by atoms with van der Waals surface area (Å²) in [6, 6.07) is 0. The molecule has 2 aliphatic rings. The second-order valence-electron chi connectivity index (χ2n) is 7.99. The largest absolute Gasteiger partial charge is 0.378 e. The van der Waals surface area contributed by atoms with E-state index in [1.54, 1.807) is 6.21 Å². The van der Waals surface area contributed by atoms with Crippen molar-refractivity contribution in [2.24, 2.45) is 16.9 Å². The maximum absolute atomic E-state index is 12.8. The van der Waals surface area contributed by atoms with Gasteiger partial charge in [-0.1, -0.05) is 24.3 Å². The Morgan fingerprint density at radius 1 is 1.33 bits per heavy atom. The lowest BCUT2D eigenvalue weighted by atomic mass is 9.96. The van der Waals surface area contributed by atoms with E-state index in [1.165, 1.54) is 4.68 Å². The van der Waals surface area contributed by atoms with Gasteiger partial charge >= 0.3 is 0 Å². The lowest BCUT2D eigenvalue weighted by Gasteiger charge is -2.30. The highest BCUT2D eigenvalue weighted by atomic mass is 16.6. The number of amides is 1. The zero-order valence-corrected chi connectivity index (χ0v) is 17.1. The molecule has 11 heteroatoms. The van der Waals surface area contributed by atoms with E-state index in [4.69, 9.17) is 10.4 Å².